The number of unbranched alkanes of at least 4 members (excludes halogenated alkanes) is 1. The lowest BCUT2D eigenvalue weighted by molar-refractivity contribution is -0.148. The van der Waals surface area contributed by atoms with E-state index in [1.165, 1.54) is 32.9 Å². The molecule has 0 radical (unpaired) electrons. The number of hydrogen-bond acceptors (Lipinski definition) is 4. The Labute approximate surface area is 130 Å². The molecule has 0 aromatic carbocycles. The van der Waals surface area contributed by atoms with Crippen molar-refractivity contribution in [2.24, 2.45) is 5.92 Å². The van der Waals surface area contributed by atoms with E-state index in [4.69, 9.17) is 4.74 Å². The molecule has 0 bridgehead atoms. The van der Waals surface area contributed by atoms with Gasteiger partial charge in [-0.05, 0) is 72.4 Å². The number of rotatable bonds is 10. The molecule has 1 N–H and O–H groups in total. The maximum absolute atomic E-state index is 12.0. The monoisotopic (exact) mass is 298 g/mol. The van der Waals surface area contributed by atoms with Crippen LogP contribution in [0.5, 0.6) is 0 Å². The molecule has 1 saturated carbocycles. The summed E-state index contributed by atoms with van der Waals surface area (Å²) in [6.45, 7) is 8.44. The quantitative estimate of drug-likeness (QED) is 0.497. The van der Waals surface area contributed by atoms with E-state index in [0.717, 1.165) is 31.7 Å². The predicted molar refractivity (Wildman–Crippen MR) is 87.4 cm³/mol. The molecule has 1 unspecified atom stereocenters. The van der Waals surface area contributed by atoms with Gasteiger partial charge in [0.05, 0.1) is 7.11 Å². The molecule has 1 fully saturated rings. The lowest BCUT2D eigenvalue weighted by Gasteiger charge is -2.31. The molecule has 124 valence electrons. The molecule has 21 heavy (non-hydrogen) atoms. The summed E-state index contributed by atoms with van der Waals surface area (Å²) < 4.78 is 4.96. The number of ether oxygens (including phenoxy) is 1. The van der Waals surface area contributed by atoms with E-state index in [1.807, 2.05) is 6.92 Å². The molecular formula is C17H34N2O2. The molecule has 1 aliphatic rings. The Morgan fingerprint density at radius 3 is 2.52 bits per heavy atom. The van der Waals surface area contributed by atoms with Crippen molar-refractivity contribution in [1.82, 2.24) is 10.2 Å². The second-order valence-corrected chi connectivity index (χ2v) is 7.14. The zero-order valence-corrected chi connectivity index (χ0v) is 14.6. The van der Waals surface area contributed by atoms with E-state index in [9.17, 15) is 4.79 Å². The summed E-state index contributed by atoms with van der Waals surface area (Å²) >= 11 is 0. The first-order valence-corrected chi connectivity index (χ1v) is 8.42. The predicted octanol–water partition coefficient (Wildman–Crippen LogP) is 2.82. The van der Waals surface area contributed by atoms with Crippen molar-refractivity contribution in [3.05, 3.63) is 0 Å². The van der Waals surface area contributed by atoms with Crippen LogP contribution in [-0.4, -0.2) is 49.7 Å². The van der Waals surface area contributed by atoms with Crippen LogP contribution in [0.15, 0.2) is 0 Å². The Kier molecular flexibility index (Phi) is 7.67. The Balaban J connectivity index is 2.27. The summed E-state index contributed by atoms with van der Waals surface area (Å²) in [7, 11) is 3.68. The highest BCUT2D eigenvalue weighted by Gasteiger charge is 2.34. The molecule has 0 saturated heterocycles. The minimum atomic E-state index is -0.560. The average Bonchev–Trinajstić information content (AvgIpc) is 2.37. The number of nitrogens with one attached hydrogen (secondary N) is 1. The van der Waals surface area contributed by atoms with Crippen LogP contribution in [0.2, 0.25) is 0 Å². The molecule has 0 spiro atoms. The smallest absolute Gasteiger partial charge is 0.325 e. The van der Waals surface area contributed by atoms with Gasteiger partial charge in [-0.15, -0.1) is 0 Å². The van der Waals surface area contributed by atoms with Gasteiger partial charge in [0.1, 0.15) is 5.54 Å². The Morgan fingerprint density at radius 1 is 1.38 bits per heavy atom. The highest BCUT2D eigenvalue weighted by molar-refractivity contribution is 5.80. The van der Waals surface area contributed by atoms with Gasteiger partial charge in [0.15, 0.2) is 0 Å². The number of hydrogen-bond donors (Lipinski definition) is 1. The van der Waals surface area contributed by atoms with Crippen molar-refractivity contribution in [1.29, 1.82) is 0 Å². The van der Waals surface area contributed by atoms with E-state index >= 15 is 0 Å². The van der Waals surface area contributed by atoms with Crippen LogP contribution < -0.4 is 5.32 Å². The molecule has 4 nitrogen and oxygen atoms in total. The Hall–Kier alpha value is -0.610. The van der Waals surface area contributed by atoms with Crippen LogP contribution in [0.25, 0.3) is 0 Å². The third-order valence-corrected chi connectivity index (χ3v) is 4.50. The Morgan fingerprint density at radius 2 is 2.05 bits per heavy atom. The summed E-state index contributed by atoms with van der Waals surface area (Å²) in [5.74, 6) is 0.775. The minimum Gasteiger partial charge on any atom is -0.468 e. The van der Waals surface area contributed by atoms with E-state index in [0.29, 0.717) is 0 Å². The van der Waals surface area contributed by atoms with Gasteiger partial charge in [0, 0.05) is 12.6 Å². The second kappa shape index (κ2) is 8.74. The first-order chi connectivity index (χ1) is 9.87. The minimum absolute atomic E-state index is 0.154. The molecule has 0 heterocycles. The van der Waals surface area contributed by atoms with Crippen molar-refractivity contribution in [2.75, 3.05) is 27.2 Å². The largest absolute Gasteiger partial charge is 0.468 e. The van der Waals surface area contributed by atoms with Crippen molar-refractivity contribution in [3.63, 3.8) is 0 Å². The SMILES string of the molecule is COC(=O)C(C)(CCCCN(C)CC1CCC1)NC(C)C. The van der Waals surface area contributed by atoms with Crippen LogP contribution in [0.4, 0.5) is 0 Å². The zero-order valence-electron chi connectivity index (χ0n) is 14.6. The molecule has 1 aliphatic carbocycles. The van der Waals surface area contributed by atoms with E-state index in [2.05, 4.69) is 31.1 Å². The summed E-state index contributed by atoms with van der Waals surface area (Å²) in [5, 5.41) is 3.36. The van der Waals surface area contributed by atoms with Gasteiger partial charge < -0.3 is 9.64 Å². The van der Waals surface area contributed by atoms with Crippen molar-refractivity contribution in [2.45, 2.75) is 70.9 Å². The average molecular weight is 298 g/mol. The van der Waals surface area contributed by atoms with E-state index in [-0.39, 0.29) is 12.0 Å². The molecular weight excluding hydrogens is 264 g/mol. The van der Waals surface area contributed by atoms with Crippen LogP contribution in [0.3, 0.4) is 0 Å². The molecule has 0 aromatic rings. The summed E-state index contributed by atoms with van der Waals surface area (Å²) in [5.41, 5.74) is -0.560. The van der Waals surface area contributed by atoms with Gasteiger partial charge in [-0.2, -0.15) is 0 Å². The summed E-state index contributed by atoms with van der Waals surface area (Å²) in [6, 6.07) is 0.274. The number of nitrogens with zero attached hydrogens (tertiary/aromatic N) is 1. The topological polar surface area (TPSA) is 41.6 Å². The number of esters is 1. The maximum Gasteiger partial charge on any atom is 0.325 e. The molecule has 0 aromatic heterocycles. The zero-order chi connectivity index (χ0) is 15.9. The fraction of sp³-hybridized carbons (Fsp3) is 0.941. The number of carbonyl (C=O) groups is 1. The van der Waals surface area contributed by atoms with Crippen LogP contribution in [0, 0.1) is 5.92 Å². The number of methoxy groups -OCH3 is 1. The molecule has 4 heteroatoms. The standard InChI is InChI=1S/C17H34N2O2/c1-14(2)18-17(3,16(20)21-5)11-6-7-12-19(4)13-15-9-8-10-15/h14-15,18H,6-13H2,1-5H3. The maximum atomic E-state index is 12.0. The van der Waals surface area contributed by atoms with Crippen molar-refractivity contribution >= 4 is 5.97 Å². The summed E-state index contributed by atoms with van der Waals surface area (Å²) in [4.78, 5) is 14.4. The van der Waals surface area contributed by atoms with Crippen molar-refractivity contribution < 1.29 is 9.53 Å². The van der Waals surface area contributed by atoms with E-state index in [1.54, 1.807) is 0 Å². The normalized spacial score (nSPS) is 18.6. The van der Waals surface area contributed by atoms with Crippen LogP contribution >= 0.6 is 0 Å². The molecule has 1 rings (SSSR count). The fourth-order valence-corrected chi connectivity index (χ4v) is 3.16. The lowest BCUT2D eigenvalue weighted by atomic mass is 9.85. The third-order valence-electron chi connectivity index (χ3n) is 4.50. The fourth-order valence-electron chi connectivity index (χ4n) is 3.16. The summed E-state index contributed by atoms with van der Waals surface area (Å²) in [6.07, 6.45) is 7.23. The first kappa shape index (κ1) is 18.4. The second-order valence-electron chi connectivity index (χ2n) is 7.14. The van der Waals surface area contributed by atoms with Gasteiger partial charge in [-0.25, -0.2) is 0 Å². The highest BCUT2D eigenvalue weighted by Crippen LogP contribution is 2.26. The third kappa shape index (κ3) is 6.35. The molecule has 0 aliphatic heterocycles. The van der Waals surface area contributed by atoms with Gasteiger partial charge in [-0.3, -0.25) is 10.1 Å². The first-order valence-electron chi connectivity index (χ1n) is 8.42. The lowest BCUT2D eigenvalue weighted by Crippen LogP contribution is -2.53. The van der Waals surface area contributed by atoms with E-state index < -0.39 is 5.54 Å². The van der Waals surface area contributed by atoms with Crippen LogP contribution in [-0.2, 0) is 9.53 Å². The van der Waals surface area contributed by atoms with Gasteiger partial charge in [-0.1, -0.05) is 6.42 Å². The van der Waals surface area contributed by atoms with Gasteiger partial charge in [0.2, 0.25) is 0 Å². The van der Waals surface area contributed by atoms with Gasteiger partial charge >= 0.3 is 5.97 Å². The molecule has 0 amide bonds. The molecule has 1 atom stereocenters. The van der Waals surface area contributed by atoms with Gasteiger partial charge in [0.25, 0.3) is 0 Å². The Bertz CT molecular complexity index is 316. The van der Waals surface area contributed by atoms with Crippen molar-refractivity contribution in [3.8, 4) is 0 Å². The highest BCUT2D eigenvalue weighted by atomic mass is 16.5. The number of carbonyl (C=O) groups excluding carboxylic acids is 1. The van der Waals surface area contributed by atoms with Crippen LogP contribution in [0.1, 0.15) is 59.3 Å².